The lowest BCUT2D eigenvalue weighted by Crippen LogP contribution is -2.23. The first-order chi connectivity index (χ1) is 9.51. The molecule has 2 aromatic rings. The first kappa shape index (κ1) is 13.9. The average Bonchev–Trinajstić information content (AvgIpc) is 2.43. The maximum atomic E-state index is 12.5. The number of aromatic hydroxyl groups is 1. The van der Waals surface area contributed by atoms with Gasteiger partial charge in [0, 0.05) is 12.2 Å². The number of methoxy groups -OCH3 is 1. The second-order valence-electron chi connectivity index (χ2n) is 4.41. The van der Waals surface area contributed by atoms with Crippen LogP contribution in [0.3, 0.4) is 0 Å². The van der Waals surface area contributed by atoms with Crippen molar-refractivity contribution in [2.24, 2.45) is 0 Å². The van der Waals surface area contributed by atoms with Crippen LogP contribution in [-0.2, 0) is 11.3 Å². The van der Waals surface area contributed by atoms with Crippen LogP contribution >= 0.6 is 0 Å². The number of nitrogens with zero attached hydrogens (tertiary/aromatic N) is 1. The summed E-state index contributed by atoms with van der Waals surface area (Å²) in [5.74, 6) is -1.00. The third kappa shape index (κ3) is 2.07. The highest BCUT2D eigenvalue weighted by atomic mass is 16.5. The van der Waals surface area contributed by atoms with E-state index in [1.165, 1.54) is 17.7 Å². The number of ether oxygens (including phenoxy) is 1. The Morgan fingerprint density at radius 3 is 2.80 bits per heavy atom. The Bertz CT molecular complexity index is 759. The molecule has 0 aliphatic rings. The van der Waals surface area contributed by atoms with E-state index in [1.807, 2.05) is 0 Å². The topological polar surface area (TPSA) is 68.5 Å². The lowest BCUT2D eigenvalue weighted by atomic mass is 10.0. The molecule has 20 heavy (non-hydrogen) atoms. The molecule has 0 aliphatic carbocycles. The van der Waals surface area contributed by atoms with Crippen molar-refractivity contribution < 1.29 is 14.6 Å². The highest BCUT2D eigenvalue weighted by molar-refractivity contribution is 6.06. The van der Waals surface area contributed by atoms with E-state index in [1.54, 1.807) is 25.1 Å². The number of fused-ring (bicyclic) bond motifs is 1. The largest absolute Gasteiger partial charge is 0.507 e. The number of aryl methyl sites for hydroxylation is 1. The Labute approximate surface area is 115 Å². The van der Waals surface area contributed by atoms with Crippen molar-refractivity contribution in [1.29, 1.82) is 0 Å². The normalized spacial score (nSPS) is 10.5. The highest BCUT2D eigenvalue weighted by Gasteiger charge is 2.19. The fourth-order valence-corrected chi connectivity index (χ4v) is 2.22. The molecule has 1 N–H and O–H groups in total. The van der Waals surface area contributed by atoms with Gasteiger partial charge in [0.1, 0.15) is 11.3 Å². The minimum Gasteiger partial charge on any atom is -0.507 e. The predicted molar refractivity (Wildman–Crippen MR) is 76.1 cm³/mol. The zero-order chi connectivity index (χ0) is 14.9. The number of phenolic OH excluding ortho intramolecular Hbond substituents is 1. The van der Waals surface area contributed by atoms with Crippen molar-refractivity contribution in [1.82, 2.24) is 4.57 Å². The van der Waals surface area contributed by atoms with Crippen molar-refractivity contribution in [3.05, 3.63) is 52.5 Å². The molecular weight excluding hydrogens is 258 g/mol. The van der Waals surface area contributed by atoms with Gasteiger partial charge in [-0.15, -0.1) is 6.58 Å². The molecule has 0 unspecified atom stereocenters. The second-order valence-corrected chi connectivity index (χ2v) is 4.41. The average molecular weight is 273 g/mol. The van der Waals surface area contributed by atoms with Crippen LogP contribution < -0.4 is 5.56 Å². The summed E-state index contributed by atoms with van der Waals surface area (Å²) in [6, 6.07) is 4.77. The standard InChI is InChI=1S/C15H15NO4/c1-4-7-16-9(2)8-10-5-6-11(17)13(15(19)20-3)12(10)14(16)18/h4-6,8,17H,1,7H2,2-3H3. The summed E-state index contributed by atoms with van der Waals surface area (Å²) in [6.45, 7) is 5.74. The molecule has 0 bridgehead atoms. The summed E-state index contributed by atoms with van der Waals surface area (Å²) in [6.07, 6.45) is 1.60. The van der Waals surface area contributed by atoms with Crippen LogP contribution in [0.5, 0.6) is 5.75 Å². The molecule has 2 rings (SSSR count). The molecule has 5 heteroatoms. The van der Waals surface area contributed by atoms with Crippen LogP contribution in [0.2, 0.25) is 0 Å². The van der Waals surface area contributed by atoms with E-state index >= 15 is 0 Å². The molecule has 0 spiro atoms. The Morgan fingerprint density at radius 1 is 1.50 bits per heavy atom. The van der Waals surface area contributed by atoms with Crippen LogP contribution in [0.4, 0.5) is 0 Å². The zero-order valence-electron chi connectivity index (χ0n) is 11.3. The van der Waals surface area contributed by atoms with Gasteiger partial charge in [-0.05, 0) is 24.4 Å². The molecule has 0 aliphatic heterocycles. The van der Waals surface area contributed by atoms with Crippen molar-refractivity contribution in [3.8, 4) is 5.75 Å². The van der Waals surface area contributed by atoms with Gasteiger partial charge in [-0.25, -0.2) is 4.79 Å². The lowest BCUT2D eigenvalue weighted by Gasteiger charge is -2.12. The molecule has 0 atom stereocenters. The minimum absolute atomic E-state index is 0.104. The minimum atomic E-state index is -0.737. The van der Waals surface area contributed by atoms with Gasteiger partial charge in [0.15, 0.2) is 0 Å². The van der Waals surface area contributed by atoms with E-state index in [0.29, 0.717) is 11.9 Å². The number of benzene rings is 1. The number of aromatic nitrogens is 1. The monoisotopic (exact) mass is 273 g/mol. The summed E-state index contributed by atoms with van der Waals surface area (Å²) in [5.41, 5.74) is 0.299. The van der Waals surface area contributed by atoms with Gasteiger partial charge < -0.3 is 14.4 Å². The third-order valence-corrected chi connectivity index (χ3v) is 3.17. The second kappa shape index (κ2) is 5.21. The first-order valence-electron chi connectivity index (χ1n) is 6.06. The number of carbonyl (C=O) groups is 1. The van der Waals surface area contributed by atoms with Crippen LogP contribution in [0.15, 0.2) is 35.6 Å². The molecule has 1 heterocycles. The van der Waals surface area contributed by atoms with E-state index < -0.39 is 5.97 Å². The SMILES string of the molecule is C=CCn1c(C)cc2ccc(O)c(C(=O)OC)c2c1=O. The molecule has 5 nitrogen and oxygen atoms in total. The highest BCUT2D eigenvalue weighted by Crippen LogP contribution is 2.26. The molecule has 104 valence electrons. The van der Waals surface area contributed by atoms with Gasteiger partial charge in [-0.1, -0.05) is 12.1 Å². The number of esters is 1. The third-order valence-electron chi connectivity index (χ3n) is 3.17. The van der Waals surface area contributed by atoms with Crippen molar-refractivity contribution in [2.75, 3.05) is 7.11 Å². The van der Waals surface area contributed by atoms with Gasteiger partial charge in [0.05, 0.1) is 12.5 Å². The van der Waals surface area contributed by atoms with E-state index in [9.17, 15) is 14.7 Å². The fourth-order valence-electron chi connectivity index (χ4n) is 2.22. The maximum absolute atomic E-state index is 12.5. The molecule has 0 radical (unpaired) electrons. The van der Waals surface area contributed by atoms with E-state index in [0.717, 1.165) is 5.69 Å². The van der Waals surface area contributed by atoms with Crippen molar-refractivity contribution in [3.63, 3.8) is 0 Å². The molecule has 0 saturated carbocycles. The van der Waals surface area contributed by atoms with Crippen LogP contribution in [0, 0.1) is 6.92 Å². The van der Waals surface area contributed by atoms with Crippen LogP contribution in [0.1, 0.15) is 16.1 Å². The van der Waals surface area contributed by atoms with Gasteiger partial charge in [0.25, 0.3) is 5.56 Å². The van der Waals surface area contributed by atoms with Gasteiger partial charge in [-0.2, -0.15) is 0 Å². The molecule has 0 saturated heterocycles. The van der Waals surface area contributed by atoms with Gasteiger partial charge in [0.2, 0.25) is 0 Å². The number of hydrogen-bond acceptors (Lipinski definition) is 4. The first-order valence-corrected chi connectivity index (χ1v) is 6.06. The number of pyridine rings is 1. The Balaban J connectivity index is 2.96. The quantitative estimate of drug-likeness (QED) is 0.686. The fraction of sp³-hybridized carbons (Fsp3) is 0.200. The number of phenols is 1. The summed E-state index contributed by atoms with van der Waals surface area (Å²) >= 11 is 0. The van der Waals surface area contributed by atoms with E-state index in [4.69, 9.17) is 0 Å². The molecular formula is C15H15NO4. The smallest absolute Gasteiger partial charge is 0.342 e. The number of hydrogen-bond donors (Lipinski definition) is 1. The van der Waals surface area contributed by atoms with Crippen LogP contribution in [0.25, 0.3) is 10.8 Å². The Hall–Kier alpha value is -2.56. The molecule has 1 aromatic carbocycles. The summed E-state index contributed by atoms with van der Waals surface area (Å²) < 4.78 is 6.13. The zero-order valence-corrected chi connectivity index (χ0v) is 11.3. The Kier molecular flexibility index (Phi) is 3.61. The lowest BCUT2D eigenvalue weighted by molar-refractivity contribution is 0.0599. The summed E-state index contributed by atoms with van der Waals surface area (Å²) in [5, 5.41) is 10.6. The molecule has 1 aromatic heterocycles. The number of carbonyl (C=O) groups excluding carboxylic acids is 1. The number of allylic oxidation sites excluding steroid dienone is 1. The summed E-state index contributed by atoms with van der Waals surface area (Å²) in [7, 11) is 1.21. The van der Waals surface area contributed by atoms with E-state index in [2.05, 4.69) is 11.3 Å². The van der Waals surface area contributed by atoms with Gasteiger partial charge >= 0.3 is 5.97 Å². The van der Waals surface area contributed by atoms with Gasteiger partial charge in [-0.3, -0.25) is 4.79 Å². The Morgan fingerprint density at radius 2 is 2.20 bits per heavy atom. The summed E-state index contributed by atoms with van der Waals surface area (Å²) in [4.78, 5) is 24.3. The molecule has 0 fully saturated rings. The van der Waals surface area contributed by atoms with Crippen molar-refractivity contribution in [2.45, 2.75) is 13.5 Å². The number of rotatable bonds is 3. The van der Waals surface area contributed by atoms with Crippen LogP contribution in [-0.4, -0.2) is 22.8 Å². The maximum Gasteiger partial charge on any atom is 0.342 e. The predicted octanol–water partition coefficient (Wildman–Crippen LogP) is 1.99. The van der Waals surface area contributed by atoms with E-state index in [-0.39, 0.29) is 22.3 Å². The van der Waals surface area contributed by atoms with Crippen molar-refractivity contribution >= 4 is 16.7 Å². The molecule has 0 amide bonds.